The van der Waals surface area contributed by atoms with E-state index in [2.05, 4.69) is 20.9 Å². The second-order valence-electron chi connectivity index (χ2n) is 16.4. The van der Waals surface area contributed by atoms with Crippen LogP contribution in [0.5, 0.6) is 0 Å². The molecule has 0 radical (unpaired) electrons. The maximum Gasteiger partial charge on any atom is 0.413 e. The number of benzene rings is 2. The van der Waals surface area contributed by atoms with Crippen LogP contribution < -0.4 is 16.0 Å². The summed E-state index contributed by atoms with van der Waals surface area (Å²) in [6, 6.07) is 16.1. The van der Waals surface area contributed by atoms with Crippen molar-refractivity contribution in [2.45, 2.75) is 128 Å². The Balaban J connectivity index is 1.08. The molecule has 5 amide bonds. The van der Waals surface area contributed by atoms with Crippen LogP contribution >= 0.6 is 0 Å². The van der Waals surface area contributed by atoms with Crippen molar-refractivity contribution in [3.05, 3.63) is 54.6 Å². The first-order valence-corrected chi connectivity index (χ1v) is 21.4. The summed E-state index contributed by atoms with van der Waals surface area (Å²) < 4.78 is 11.0. The predicted molar refractivity (Wildman–Crippen MR) is 217 cm³/mol. The quantitative estimate of drug-likeness (QED) is 0.0367. The smallest absolute Gasteiger partial charge is 0.413 e. The van der Waals surface area contributed by atoms with Crippen LogP contribution in [0.1, 0.15) is 116 Å². The van der Waals surface area contributed by atoms with Crippen LogP contribution in [0.2, 0.25) is 0 Å². The Morgan fingerprint density at radius 2 is 1.25 bits per heavy atom. The minimum atomic E-state index is -0.748. The maximum absolute atomic E-state index is 13.7. The Hall–Kier alpha value is -4.49. The summed E-state index contributed by atoms with van der Waals surface area (Å²) in [4.78, 5) is 63.8. The van der Waals surface area contributed by atoms with Gasteiger partial charge in [0.2, 0.25) is 11.9 Å². The van der Waals surface area contributed by atoms with Gasteiger partial charge in [-0.1, -0.05) is 113 Å². The first-order chi connectivity index (χ1) is 27.9. The Labute approximate surface area is 336 Å². The molecule has 6 rings (SSSR count). The zero-order valence-electron chi connectivity index (χ0n) is 33.2. The molecule has 1 unspecified atom stereocenters. The zero-order chi connectivity index (χ0) is 39.8. The lowest BCUT2D eigenvalue weighted by molar-refractivity contribution is -0.300. The van der Waals surface area contributed by atoms with Gasteiger partial charge in [-0.15, -0.1) is 0 Å². The number of nitrogens with zero attached hydrogens (tertiary/aromatic N) is 2. The van der Waals surface area contributed by atoms with E-state index < -0.39 is 36.3 Å². The van der Waals surface area contributed by atoms with Gasteiger partial charge in [0.05, 0.1) is 25.2 Å². The highest BCUT2D eigenvalue weighted by molar-refractivity contribution is 6.06. The summed E-state index contributed by atoms with van der Waals surface area (Å²) in [5.74, 6) is -0.0832. The molecule has 3 atom stereocenters. The number of likely N-dealkylation sites (tertiary alicyclic amines) is 1. The fourth-order valence-electron chi connectivity index (χ4n) is 9.05. The molecule has 0 bridgehead atoms. The van der Waals surface area contributed by atoms with Gasteiger partial charge in [-0.05, 0) is 86.0 Å². The average Bonchev–Trinajstić information content (AvgIpc) is 3.24. The molecule has 3 aliphatic carbocycles. The molecule has 4 fully saturated rings. The second kappa shape index (κ2) is 21.9. The largest absolute Gasteiger partial charge is 0.449 e. The molecule has 2 aromatic carbocycles. The third-order valence-electron chi connectivity index (χ3n) is 12.3. The van der Waals surface area contributed by atoms with E-state index in [9.17, 15) is 24.4 Å². The summed E-state index contributed by atoms with van der Waals surface area (Å²) in [6.45, 7) is 0.758. The fourth-order valence-corrected chi connectivity index (χ4v) is 9.05. The van der Waals surface area contributed by atoms with Crippen molar-refractivity contribution in [2.24, 2.45) is 28.7 Å². The first-order valence-electron chi connectivity index (χ1n) is 21.4. The number of alkyl carbamates (subject to hydrolysis) is 2. The monoisotopic (exact) mass is 787 g/mol. The van der Waals surface area contributed by atoms with Gasteiger partial charge >= 0.3 is 18.2 Å². The maximum atomic E-state index is 13.7. The van der Waals surface area contributed by atoms with Gasteiger partial charge in [-0.25, -0.2) is 19.3 Å². The van der Waals surface area contributed by atoms with E-state index >= 15 is 0 Å². The molecule has 0 spiro atoms. The summed E-state index contributed by atoms with van der Waals surface area (Å²) in [5.41, 5.74) is 2.59. The highest BCUT2D eigenvalue weighted by Crippen LogP contribution is 2.39. The topological polar surface area (TPSA) is 168 Å². The van der Waals surface area contributed by atoms with Gasteiger partial charge in [0.1, 0.15) is 6.10 Å². The van der Waals surface area contributed by atoms with Crippen molar-refractivity contribution in [3.63, 3.8) is 0 Å². The minimum absolute atomic E-state index is 0.0815. The number of aliphatic imine (C=N–C) groups is 1. The van der Waals surface area contributed by atoms with Crippen molar-refractivity contribution >= 4 is 35.8 Å². The third kappa shape index (κ3) is 12.5. The predicted octanol–water partition coefficient (Wildman–Crippen LogP) is 9.29. The second-order valence-corrected chi connectivity index (χ2v) is 16.4. The van der Waals surface area contributed by atoms with Gasteiger partial charge in [-0.2, -0.15) is 0 Å². The first kappa shape index (κ1) is 42.1. The normalized spacial score (nSPS) is 21.1. The summed E-state index contributed by atoms with van der Waals surface area (Å²) >= 11 is 0. The minimum Gasteiger partial charge on any atom is -0.449 e. The molecule has 3 saturated carbocycles. The standard InChI is InChI=1S/C44H61N5O8/c50-40-37(22-13-27-45-41(47-43(52)55-29-32-16-7-2-8-17-32)48-44(53)56-30-33-18-9-3-10-19-33)39(38(57-54)28-31-14-5-1-6-15-31)49(40)42(51)46-36-25-23-35(24-26-36)34-20-11-4-12-21-34/h4,11-12,20-21,23-26,31-33,37-39,54H,1-3,5-10,13-19,22,27-30H2,(H,46,51)(H2,45,47,48,52,53)/t37-,38+,39?/m1/s1. The van der Waals surface area contributed by atoms with Crippen LogP contribution in [0.4, 0.5) is 20.1 Å². The highest BCUT2D eigenvalue weighted by atomic mass is 17.1. The van der Waals surface area contributed by atoms with E-state index in [1.807, 2.05) is 42.5 Å². The number of anilines is 1. The van der Waals surface area contributed by atoms with Crippen LogP contribution in [0.25, 0.3) is 11.1 Å². The molecule has 13 heteroatoms. The number of hydrogen-bond donors (Lipinski definition) is 4. The van der Waals surface area contributed by atoms with Crippen LogP contribution in [0.3, 0.4) is 0 Å². The molecule has 13 nitrogen and oxygen atoms in total. The number of rotatable bonds is 14. The number of guanidine groups is 1. The van der Waals surface area contributed by atoms with E-state index in [0.29, 0.717) is 55.9 Å². The molecule has 4 N–H and O–H groups in total. The van der Waals surface area contributed by atoms with E-state index in [0.717, 1.165) is 88.2 Å². The molecule has 1 saturated heterocycles. The van der Waals surface area contributed by atoms with Crippen molar-refractivity contribution < 1.29 is 38.8 Å². The van der Waals surface area contributed by atoms with Crippen molar-refractivity contribution in [2.75, 3.05) is 25.1 Å². The number of hydrogen-bond acceptors (Lipinski definition) is 9. The van der Waals surface area contributed by atoms with Crippen LogP contribution in [-0.4, -0.2) is 72.1 Å². The SMILES string of the molecule is O=C(NC(=NCCC[C@H]1C(=O)N(C(=O)Nc2ccc(-c3ccccc3)cc2)C1[C@H](CC1CCCCC1)OO)NC(=O)OCC1CCCCC1)OCC1CCCCC1. The van der Waals surface area contributed by atoms with E-state index in [-0.39, 0.29) is 18.4 Å². The lowest BCUT2D eigenvalue weighted by atomic mass is 9.76. The fraction of sp³-hybridized carbons (Fsp3) is 0.614. The number of carbonyl (C=O) groups is 4. The van der Waals surface area contributed by atoms with Crippen LogP contribution in [-0.2, 0) is 19.2 Å². The Morgan fingerprint density at radius 3 is 1.79 bits per heavy atom. The lowest BCUT2D eigenvalue weighted by Crippen LogP contribution is -2.68. The Bertz CT molecular complexity index is 1580. The number of urea groups is 1. The molecule has 2 aromatic rings. The molecule has 1 heterocycles. The lowest BCUT2D eigenvalue weighted by Gasteiger charge is -2.48. The average molecular weight is 788 g/mol. The zero-order valence-corrected chi connectivity index (χ0v) is 33.2. The molecular formula is C44H61N5O8. The molecule has 0 aromatic heterocycles. The van der Waals surface area contributed by atoms with Gasteiger partial charge in [0.25, 0.3) is 0 Å². The molecule has 1 aliphatic heterocycles. The molecular weight excluding hydrogens is 727 g/mol. The van der Waals surface area contributed by atoms with E-state index in [1.165, 1.54) is 24.2 Å². The number of amides is 5. The van der Waals surface area contributed by atoms with Crippen molar-refractivity contribution in [3.8, 4) is 11.1 Å². The molecule has 310 valence electrons. The van der Waals surface area contributed by atoms with E-state index in [4.69, 9.17) is 14.4 Å². The molecule has 57 heavy (non-hydrogen) atoms. The van der Waals surface area contributed by atoms with Crippen molar-refractivity contribution in [1.82, 2.24) is 15.5 Å². The van der Waals surface area contributed by atoms with Gasteiger partial charge in [-0.3, -0.25) is 30.6 Å². The summed E-state index contributed by atoms with van der Waals surface area (Å²) in [6.07, 6.45) is 15.5. The number of imide groups is 1. The molecule has 4 aliphatic rings. The summed E-state index contributed by atoms with van der Waals surface area (Å²) in [7, 11) is 0. The van der Waals surface area contributed by atoms with Crippen LogP contribution in [0.15, 0.2) is 59.6 Å². The Morgan fingerprint density at radius 1 is 0.719 bits per heavy atom. The van der Waals surface area contributed by atoms with Crippen LogP contribution in [0, 0.1) is 23.7 Å². The van der Waals surface area contributed by atoms with E-state index in [1.54, 1.807) is 12.1 Å². The Kier molecular flexibility index (Phi) is 16.2. The van der Waals surface area contributed by atoms with Gasteiger partial charge < -0.3 is 14.8 Å². The van der Waals surface area contributed by atoms with Gasteiger partial charge in [0, 0.05) is 12.2 Å². The number of carbonyl (C=O) groups excluding carboxylic acids is 4. The highest BCUT2D eigenvalue weighted by Gasteiger charge is 2.54. The third-order valence-corrected chi connectivity index (χ3v) is 12.3. The number of β-lactam (4-membered cyclic amide) rings is 1. The number of ether oxygens (including phenoxy) is 2. The van der Waals surface area contributed by atoms with Gasteiger partial charge in [0.15, 0.2) is 0 Å². The number of nitrogens with one attached hydrogen (secondary N) is 3. The van der Waals surface area contributed by atoms with Crippen molar-refractivity contribution in [1.29, 1.82) is 0 Å². The summed E-state index contributed by atoms with van der Waals surface area (Å²) in [5, 5.41) is 18.2.